The van der Waals surface area contributed by atoms with Crippen LogP contribution in [0.15, 0.2) is 17.1 Å². The molecule has 2 heterocycles. The molecule has 0 amide bonds. The van der Waals surface area contributed by atoms with Crippen LogP contribution in [0, 0.1) is 5.92 Å². The van der Waals surface area contributed by atoms with Crippen molar-refractivity contribution in [2.75, 3.05) is 12.1 Å². The van der Waals surface area contributed by atoms with E-state index in [0.29, 0.717) is 12.5 Å². The quantitative estimate of drug-likeness (QED) is 0.614. The lowest BCUT2D eigenvalue weighted by Gasteiger charge is -2.17. The van der Waals surface area contributed by atoms with Crippen LogP contribution in [0.1, 0.15) is 32.9 Å². The average molecular weight is 313 g/mol. The summed E-state index contributed by atoms with van der Waals surface area (Å²) in [5.74, 6) is 0.411. The molecule has 0 saturated carbocycles. The Kier molecular flexibility index (Phi) is 5.47. The Hall–Kier alpha value is -1.27. The maximum absolute atomic E-state index is 11.8. The molecule has 1 saturated heterocycles. The molecule has 0 bridgehead atoms. The highest BCUT2D eigenvalue weighted by atomic mass is 31.0. The molecule has 21 heavy (non-hydrogen) atoms. The van der Waals surface area contributed by atoms with Gasteiger partial charge in [0.25, 0.3) is 0 Å². The minimum Gasteiger partial charge on any atom is -0.352 e. The monoisotopic (exact) mass is 313 g/mol. The van der Waals surface area contributed by atoms with E-state index >= 15 is 0 Å². The van der Waals surface area contributed by atoms with Gasteiger partial charge in [0, 0.05) is 12.1 Å². The van der Waals surface area contributed by atoms with Gasteiger partial charge < -0.3 is 9.47 Å². The van der Waals surface area contributed by atoms with Crippen molar-refractivity contribution in [3.63, 3.8) is 0 Å². The van der Waals surface area contributed by atoms with Gasteiger partial charge in [0.05, 0.1) is 18.2 Å². The van der Waals surface area contributed by atoms with Crippen LogP contribution in [0.25, 0.3) is 0 Å². The Morgan fingerprint density at radius 3 is 3.05 bits per heavy atom. The van der Waals surface area contributed by atoms with Crippen molar-refractivity contribution in [3.8, 4) is 0 Å². The van der Waals surface area contributed by atoms with E-state index in [1.54, 1.807) is 6.20 Å². The molecule has 8 heteroatoms. The fourth-order valence-corrected chi connectivity index (χ4v) is 2.14. The molecular weight excluding hydrogens is 293 g/mol. The van der Waals surface area contributed by atoms with Gasteiger partial charge >= 0.3 is 5.69 Å². The number of ether oxygens (including phenoxy) is 2. The van der Waals surface area contributed by atoms with E-state index in [-0.39, 0.29) is 18.1 Å². The number of hydrogen-bond acceptors (Lipinski definition) is 6. The van der Waals surface area contributed by atoms with E-state index in [4.69, 9.17) is 14.7 Å². The van der Waals surface area contributed by atoms with E-state index in [1.807, 2.05) is 19.3 Å². The Morgan fingerprint density at radius 1 is 1.67 bits per heavy atom. The Morgan fingerprint density at radius 2 is 2.43 bits per heavy atom. The number of rotatable bonds is 6. The summed E-state index contributed by atoms with van der Waals surface area (Å²) in [4.78, 5) is 15.5. The summed E-state index contributed by atoms with van der Waals surface area (Å²) in [6.07, 6.45) is 2.69. The zero-order chi connectivity index (χ0) is 15.4. The first-order chi connectivity index (χ1) is 10.0. The molecule has 1 aliphatic heterocycles. The van der Waals surface area contributed by atoms with Gasteiger partial charge in [-0.05, 0) is 18.9 Å². The van der Waals surface area contributed by atoms with Crippen LogP contribution >= 0.6 is 8.86 Å². The lowest BCUT2D eigenvalue weighted by molar-refractivity contribution is -0.0222. The van der Waals surface area contributed by atoms with Crippen molar-refractivity contribution in [2.45, 2.75) is 39.0 Å². The van der Waals surface area contributed by atoms with Gasteiger partial charge in [-0.25, -0.2) is 4.79 Å². The molecular formula is C13H20N3O4P. The third-order valence-corrected chi connectivity index (χ3v) is 4.01. The highest BCUT2D eigenvalue weighted by Crippen LogP contribution is 2.27. The standard InChI is InChI=1S/C13H20N3O4P/c1-8(2)12(21)19-7-9-3-4-11(20-9)16-6-5-10(15-18)14-13(16)17/h5-6,8-9,11,18,21H,3-4,7H2,1-2H3,(H,14,15,17). The third-order valence-electron chi connectivity index (χ3n) is 3.29. The van der Waals surface area contributed by atoms with Crippen LogP contribution in [0.4, 0.5) is 5.82 Å². The lowest BCUT2D eigenvalue weighted by Crippen LogP contribution is -2.28. The number of nitrogens with one attached hydrogen (secondary N) is 1. The summed E-state index contributed by atoms with van der Waals surface area (Å²) in [7, 11) is 3.43. The summed E-state index contributed by atoms with van der Waals surface area (Å²) in [6.45, 7) is 4.51. The van der Waals surface area contributed by atoms with Crippen molar-refractivity contribution in [2.24, 2.45) is 5.92 Å². The molecule has 1 aliphatic rings. The van der Waals surface area contributed by atoms with Gasteiger partial charge in [-0.3, -0.25) is 15.3 Å². The van der Waals surface area contributed by atoms with Crippen LogP contribution in [-0.4, -0.2) is 32.9 Å². The molecule has 0 aliphatic carbocycles. The molecule has 1 aromatic heterocycles. The Labute approximate surface area is 125 Å². The normalized spacial score (nSPS) is 21.7. The summed E-state index contributed by atoms with van der Waals surface area (Å²) >= 11 is 0. The van der Waals surface area contributed by atoms with Crippen molar-refractivity contribution >= 4 is 20.2 Å². The SMILES string of the molecule is CC(C)C(=P)OCC1CCC(n2ccc(NO)nc2=O)O1. The van der Waals surface area contributed by atoms with Crippen LogP contribution in [0.3, 0.4) is 0 Å². The minimum atomic E-state index is -0.463. The molecule has 0 radical (unpaired) electrons. The van der Waals surface area contributed by atoms with Crippen LogP contribution in [-0.2, 0) is 9.47 Å². The molecule has 2 rings (SSSR count). The predicted octanol–water partition coefficient (Wildman–Crippen LogP) is 1.67. The molecule has 7 nitrogen and oxygen atoms in total. The maximum atomic E-state index is 11.8. The fraction of sp³-hybridized carbons (Fsp3) is 0.615. The zero-order valence-corrected chi connectivity index (χ0v) is 13.1. The predicted molar refractivity (Wildman–Crippen MR) is 81.2 cm³/mol. The third kappa shape index (κ3) is 4.11. The van der Waals surface area contributed by atoms with Crippen LogP contribution in [0.2, 0.25) is 0 Å². The number of nitrogens with zero attached hydrogens (tertiary/aromatic N) is 2. The van der Waals surface area contributed by atoms with Gasteiger partial charge in [-0.2, -0.15) is 4.98 Å². The minimum absolute atomic E-state index is 0.0531. The Balaban J connectivity index is 1.93. The summed E-state index contributed by atoms with van der Waals surface area (Å²) in [5, 5.41) is 8.71. The first kappa shape index (κ1) is 16.1. The van der Waals surface area contributed by atoms with Crippen molar-refractivity contribution in [3.05, 3.63) is 22.7 Å². The first-order valence-electron chi connectivity index (χ1n) is 6.87. The second-order valence-electron chi connectivity index (χ2n) is 5.23. The molecule has 1 fully saturated rings. The van der Waals surface area contributed by atoms with Gasteiger partial charge in [-0.1, -0.05) is 22.7 Å². The highest BCUT2D eigenvalue weighted by molar-refractivity contribution is 7.20. The van der Waals surface area contributed by atoms with E-state index in [0.717, 1.165) is 18.3 Å². The number of anilines is 1. The lowest BCUT2D eigenvalue weighted by atomic mass is 10.2. The average Bonchev–Trinajstić information content (AvgIpc) is 2.92. The van der Waals surface area contributed by atoms with Crippen LogP contribution in [0.5, 0.6) is 0 Å². The first-order valence-corrected chi connectivity index (χ1v) is 7.37. The van der Waals surface area contributed by atoms with Crippen molar-refractivity contribution in [1.82, 2.24) is 9.55 Å². The molecule has 1 aromatic rings. The summed E-state index contributed by atoms with van der Waals surface area (Å²) in [5.41, 5.74) is 2.17. The highest BCUT2D eigenvalue weighted by Gasteiger charge is 2.27. The zero-order valence-electron chi connectivity index (χ0n) is 12.1. The van der Waals surface area contributed by atoms with Crippen LogP contribution < -0.4 is 11.2 Å². The maximum Gasteiger partial charge on any atom is 0.351 e. The number of aromatic nitrogens is 2. The molecule has 2 unspecified atom stereocenters. The largest absolute Gasteiger partial charge is 0.352 e. The van der Waals surface area contributed by atoms with Crippen molar-refractivity contribution in [1.29, 1.82) is 0 Å². The van der Waals surface area contributed by atoms with Gasteiger partial charge in [0.15, 0.2) is 5.82 Å². The molecule has 116 valence electrons. The topological polar surface area (TPSA) is 85.6 Å². The van der Waals surface area contributed by atoms with Gasteiger partial charge in [0.1, 0.15) is 6.23 Å². The number of hydrogen-bond donors (Lipinski definition) is 2. The molecule has 2 atom stereocenters. The second kappa shape index (κ2) is 7.13. The molecule has 0 spiro atoms. The van der Waals surface area contributed by atoms with Crippen molar-refractivity contribution < 1.29 is 14.7 Å². The smallest absolute Gasteiger partial charge is 0.351 e. The summed E-state index contributed by atoms with van der Waals surface area (Å²) < 4.78 is 12.8. The van der Waals surface area contributed by atoms with E-state index in [1.165, 1.54) is 10.6 Å². The second-order valence-corrected chi connectivity index (χ2v) is 5.73. The fourth-order valence-electron chi connectivity index (χ4n) is 2.06. The van der Waals surface area contributed by atoms with Gasteiger partial charge in [-0.15, -0.1) is 0 Å². The van der Waals surface area contributed by atoms with E-state index in [2.05, 4.69) is 13.8 Å². The van der Waals surface area contributed by atoms with E-state index < -0.39 is 5.69 Å². The Bertz CT molecular complexity index is 561. The van der Waals surface area contributed by atoms with E-state index in [9.17, 15) is 4.79 Å². The molecule has 2 N–H and O–H groups in total. The summed E-state index contributed by atoms with van der Waals surface area (Å²) in [6, 6.07) is 1.51. The van der Waals surface area contributed by atoms with Gasteiger partial charge in [0.2, 0.25) is 0 Å². The molecule has 0 aromatic carbocycles.